The van der Waals surface area contributed by atoms with Gasteiger partial charge in [0.25, 0.3) is 0 Å². The molecular weight excluding hydrogens is 256 g/mol. The van der Waals surface area contributed by atoms with E-state index in [0.29, 0.717) is 0 Å². The average Bonchev–Trinajstić information content (AvgIpc) is 2.42. The van der Waals surface area contributed by atoms with Crippen molar-refractivity contribution in [3.8, 4) is 0 Å². The molecule has 3 N–H and O–H groups in total. The summed E-state index contributed by atoms with van der Waals surface area (Å²) in [5.74, 6) is -1.20. The van der Waals surface area contributed by atoms with Gasteiger partial charge in [-0.25, -0.2) is 9.59 Å². The first kappa shape index (κ1) is 16.0. The van der Waals surface area contributed by atoms with Crippen LogP contribution in [0, 0.1) is 5.92 Å². The second kappa shape index (κ2) is 7.53. The second-order valence-corrected chi connectivity index (χ2v) is 5.05. The fourth-order valence-corrected chi connectivity index (χ4v) is 1.96. The van der Waals surface area contributed by atoms with Crippen LogP contribution in [0.25, 0.3) is 0 Å². The number of hydrogen-bond acceptors (Lipinski definition) is 2. The average molecular weight is 278 g/mol. The van der Waals surface area contributed by atoms with E-state index in [9.17, 15) is 9.59 Å². The molecule has 0 bridgehead atoms. The smallest absolute Gasteiger partial charge is 0.326 e. The lowest BCUT2D eigenvalue weighted by atomic mass is 10.0. The first-order valence-electron chi connectivity index (χ1n) is 6.80. The predicted molar refractivity (Wildman–Crippen MR) is 77.4 cm³/mol. The molecular formula is C15H22N2O3. The van der Waals surface area contributed by atoms with Gasteiger partial charge >= 0.3 is 12.0 Å². The van der Waals surface area contributed by atoms with Crippen molar-refractivity contribution < 1.29 is 14.7 Å². The van der Waals surface area contributed by atoms with Crippen molar-refractivity contribution in [2.75, 3.05) is 0 Å². The van der Waals surface area contributed by atoms with Gasteiger partial charge in [-0.3, -0.25) is 0 Å². The van der Waals surface area contributed by atoms with Crippen LogP contribution in [-0.2, 0) is 4.79 Å². The molecule has 0 aromatic heterocycles. The van der Waals surface area contributed by atoms with Crippen LogP contribution in [-0.4, -0.2) is 23.1 Å². The summed E-state index contributed by atoms with van der Waals surface area (Å²) in [5.41, 5.74) is 1.00. The van der Waals surface area contributed by atoms with Crippen molar-refractivity contribution in [3.63, 3.8) is 0 Å². The molecule has 1 aromatic rings. The number of carbonyl (C=O) groups excluding carboxylic acids is 1. The summed E-state index contributed by atoms with van der Waals surface area (Å²) in [6.07, 6.45) is 0.733. The van der Waals surface area contributed by atoms with E-state index in [1.165, 1.54) is 0 Å². The molecule has 2 unspecified atom stereocenters. The lowest BCUT2D eigenvalue weighted by molar-refractivity contribution is -0.140. The largest absolute Gasteiger partial charge is 0.480 e. The van der Waals surface area contributed by atoms with Crippen LogP contribution in [0.1, 0.15) is 38.8 Å². The molecule has 0 spiro atoms. The van der Waals surface area contributed by atoms with Crippen LogP contribution in [0.5, 0.6) is 0 Å². The molecule has 20 heavy (non-hydrogen) atoms. The fourth-order valence-electron chi connectivity index (χ4n) is 1.96. The summed E-state index contributed by atoms with van der Waals surface area (Å²) in [4.78, 5) is 23.0. The number of hydrogen-bond donors (Lipinski definition) is 3. The molecule has 0 aliphatic carbocycles. The third-order valence-corrected chi connectivity index (χ3v) is 3.13. The van der Waals surface area contributed by atoms with E-state index in [-0.39, 0.29) is 12.0 Å². The zero-order chi connectivity index (χ0) is 15.1. The normalized spacial score (nSPS) is 13.6. The molecule has 0 aliphatic heterocycles. The number of carboxylic acid groups (broad SMARTS) is 1. The standard InChI is InChI=1S/C15H22N2O3/c1-4-12(11-8-6-5-7-9-11)16-15(20)17-13(10(2)3)14(18)19/h5-10,12-13H,4H2,1-3H3,(H,18,19)(H2,16,17,20). The van der Waals surface area contributed by atoms with Crippen molar-refractivity contribution in [2.45, 2.75) is 39.3 Å². The van der Waals surface area contributed by atoms with Gasteiger partial charge in [0.05, 0.1) is 6.04 Å². The van der Waals surface area contributed by atoms with Gasteiger partial charge in [-0.05, 0) is 17.9 Å². The van der Waals surface area contributed by atoms with Crippen molar-refractivity contribution in [1.29, 1.82) is 0 Å². The quantitative estimate of drug-likeness (QED) is 0.748. The van der Waals surface area contributed by atoms with E-state index in [1.54, 1.807) is 13.8 Å². The summed E-state index contributed by atoms with van der Waals surface area (Å²) < 4.78 is 0. The molecule has 1 rings (SSSR count). The van der Waals surface area contributed by atoms with E-state index < -0.39 is 18.0 Å². The highest BCUT2D eigenvalue weighted by atomic mass is 16.4. The zero-order valence-corrected chi connectivity index (χ0v) is 12.1. The van der Waals surface area contributed by atoms with Crippen molar-refractivity contribution in [2.24, 2.45) is 5.92 Å². The van der Waals surface area contributed by atoms with Gasteiger partial charge in [0.2, 0.25) is 0 Å². The third kappa shape index (κ3) is 4.57. The number of urea groups is 1. The zero-order valence-electron chi connectivity index (χ0n) is 12.1. The van der Waals surface area contributed by atoms with Gasteiger partial charge in [-0.2, -0.15) is 0 Å². The monoisotopic (exact) mass is 278 g/mol. The molecule has 2 atom stereocenters. The highest BCUT2D eigenvalue weighted by Gasteiger charge is 2.24. The Balaban J connectivity index is 2.66. The molecule has 110 valence electrons. The Morgan fingerprint density at radius 2 is 1.75 bits per heavy atom. The first-order chi connectivity index (χ1) is 9.45. The molecule has 0 fully saturated rings. The maximum Gasteiger partial charge on any atom is 0.326 e. The number of carboxylic acids is 1. The van der Waals surface area contributed by atoms with Crippen LogP contribution in [0.2, 0.25) is 0 Å². The molecule has 5 heteroatoms. The third-order valence-electron chi connectivity index (χ3n) is 3.13. The van der Waals surface area contributed by atoms with E-state index in [0.717, 1.165) is 12.0 Å². The number of carbonyl (C=O) groups is 2. The van der Waals surface area contributed by atoms with Crippen molar-refractivity contribution in [3.05, 3.63) is 35.9 Å². The first-order valence-corrected chi connectivity index (χ1v) is 6.80. The van der Waals surface area contributed by atoms with Gasteiger partial charge in [0.15, 0.2) is 0 Å². The van der Waals surface area contributed by atoms with Gasteiger partial charge in [-0.15, -0.1) is 0 Å². The summed E-state index contributed by atoms with van der Waals surface area (Å²) >= 11 is 0. The van der Waals surface area contributed by atoms with Crippen molar-refractivity contribution >= 4 is 12.0 Å². The van der Waals surface area contributed by atoms with Gasteiger partial charge in [0, 0.05) is 0 Å². The maximum absolute atomic E-state index is 11.9. The molecule has 0 radical (unpaired) electrons. The van der Waals surface area contributed by atoms with E-state index in [4.69, 9.17) is 5.11 Å². The van der Waals surface area contributed by atoms with Gasteiger partial charge < -0.3 is 15.7 Å². The Bertz CT molecular complexity index is 446. The van der Waals surface area contributed by atoms with E-state index in [2.05, 4.69) is 10.6 Å². The lowest BCUT2D eigenvalue weighted by Gasteiger charge is -2.22. The number of benzene rings is 1. The van der Waals surface area contributed by atoms with Crippen LogP contribution in [0.15, 0.2) is 30.3 Å². The minimum atomic E-state index is -1.03. The molecule has 5 nitrogen and oxygen atoms in total. The van der Waals surface area contributed by atoms with Crippen LogP contribution in [0.4, 0.5) is 4.79 Å². The highest BCUT2D eigenvalue weighted by Crippen LogP contribution is 2.15. The Morgan fingerprint density at radius 1 is 1.15 bits per heavy atom. The number of amides is 2. The molecule has 1 aromatic carbocycles. The predicted octanol–water partition coefficient (Wildman–Crippen LogP) is 2.55. The SMILES string of the molecule is CCC(NC(=O)NC(C(=O)O)C(C)C)c1ccccc1. The topological polar surface area (TPSA) is 78.4 Å². The number of aliphatic carboxylic acids is 1. The number of nitrogens with one attached hydrogen (secondary N) is 2. The summed E-state index contributed by atoms with van der Waals surface area (Å²) in [5, 5.41) is 14.4. The Labute approximate surface area is 119 Å². The molecule has 0 saturated heterocycles. The fraction of sp³-hybridized carbons (Fsp3) is 0.467. The Kier molecular flexibility index (Phi) is 6.03. The number of rotatable bonds is 6. The Morgan fingerprint density at radius 3 is 2.20 bits per heavy atom. The summed E-state index contributed by atoms with van der Waals surface area (Å²) in [6.45, 7) is 5.48. The molecule has 2 amide bonds. The molecule has 0 heterocycles. The van der Waals surface area contributed by atoms with Crippen LogP contribution in [0.3, 0.4) is 0 Å². The van der Waals surface area contributed by atoms with Crippen LogP contribution >= 0.6 is 0 Å². The van der Waals surface area contributed by atoms with E-state index in [1.807, 2.05) is 37.3 Å². The van der Waals surface area contributed by atoms with Crippen LogP contribution < -0.4 is 10.6 Å². The second-order valence-electron chi connectivity index (χ2n) is 5.05. The molecule has 0 saturated carbocycles. The summed E-state index contributed by atoms with van der Waals surface area (Å²) in [6, 6.07) is 8.13. The van der Waals surface area contributed by atoms with Gasteiger partial charge in [0.1, 0.15) is 6.04 Å². The minimum absolute atomic E-state index is 0.127. The highest BCUT2D eigenvalue weighted by molar-refractivity contribution is 5.82. The maximum atomic E-state index is 11.9. The Hall–Kier alpha value is -2.04. The van der Waals surface area contributed by atoms with Gasteiger partial charge in [-0.1, -0.05) is 51.1 Å². The lowest BCUT2D eigenvalue weighted by Crippen LogP contribution is -2.49. The summed E-state index contributed by atoms with van der Waals surface area (Å²) in [7, 11) is 0. The molecule has 0 aliphatic rings. The van der Waals surface area contributed by atoms with Crippen molar-refractivity contribution in [1.82, 2.24) is 10.6 Å². The van der Waals surface area contributed by atoms with E-state index >= 15 is 0 Å². The minimum Gasteiger partial charge on any atom is -0.480 e.